The molecule has 0 saturated carbocycles. The number of nitrogens with one attached hydrogen (secondary N) is 3. The van der Waals surface area contributed by atoms with Crippen LogP contribution in [0.15, 0.2) is 0 Å². The number of amides is 3. The summed E-state index contributed by atoms with van der Waals surface area (Å²) in [5, 5.41) is 25.4. The van der Waals surface area contributed by atoms with Crippen LogP contribution in [0.25, 0.3) is 0 Å². The van der Waals surface area contributed by atoms with Crippen LogP contribution >= 0.6 is 11.8 Å². The highest BCUT2D eigenvalue weighted by atomic mass is 32.2. The molecule has 0 rings (SSSR count). The Balaban J connectivity index is 5.04. The predicted octanol–water partition coefficient (Wildman–Crippen LogP) is -0.463. The molecule has 0 aromatic rings. The van der Waals surface area contributed by atoms with E-state index in [1.807, 2.05) is 6.26 Å². The summed E-state index contributed by atoms with van der Waals surface area (Å²) >= 11 is 1.45. The van der Waals surface area contributed by atoms with Crippen LogP contribution in [0.2, 0.25) is 0 Å². The highest BCUT2D eigenvalue weighted by molar-refractivity contribution is 7.98. The summed E-state index contributed by atoms with van der Waals surface area (Å²) in [6.45, 7) is 4.91. The van der Waals surface area contributed by atoms with E-state index in [0.717, 1.165) is 0 Å². The lowest BCUT2D eigenvalue weighted by atomic mass is 9.99. The fourth-order valence-electron chi connectivity index (χ4n) is 2.53. The number of thioether (sulfide) groups is 1. The SMILES string of the molecule is CCC(C)C(NC(=O)C(C)NC(=O)C(CCSC)NC(=O)C(N)CCC(=O)O)C(=O)O. The van der Waals surface area contributed by atoms with E-state index in [9.17, 15) is 29.1 Å². The predicted molar refractivity (Wildman–Crippen MR) is 116 cm³/mol. The topological polar surface area (TPSA) is 188 Å². The highest BCUT2D eigenvalue weighted by Crippen LogP contribution is 2.08. The van der Waals surface area contributed by atoms with E-state index in [0.29, 0.717) is 12.2 Å². The van der Waals surface area contributed by atoms with Crippen molar-refractivity contribution >= 4 is 41.4 Å². The van der Waals surface area contributed by atoms with E-state index < -0.39 is 53.8 Å². The van der Waals surface area contributed by atoms with Gasteiger partial charge < -0.3 is 31.9 Å². The lowest BCUT2D eigenvalue weighted by Crippen LogP contribution is -2.57. The van der Waals surface area contributed by atoms with Crippen molar-refractivity contribution in [1.29, 1.82) is 0 Å². The molecule has 0 fully saturated rings. The maximum absolute atomic E-state index is 12.6. The molecule has 0 aliphatic heterocycles. The standard InChI is InChI=1S/C19H34N4O7S/c1-5-10(2)15(19(29)30)23-16(26)11(3)21-18(28)13(8-9-31-4)22-17(27)12(20)6-7-14(24)25/h10-13,15H,5-9,20H2,1-4H3,(H,21,28)(H,22,27)(H,23,26)(H,24,25)(H,29,30). The molecule has 0 aromatic heterocycles. The van der Waals surface area contributed by atoms with Gasteiger partial charge in [-0.1, -0.05) is 20.3 Å². The zero-order chi connectivity index (χ0) is 24.1. The van der Waals surface area contributed by atoms with E-state index >= 15 is 0 Å². The zero-order valence-corrected chi connectivity index (χ0v) is 19.2. The molecule has 0 heterocycles. The molecule has 31 heavy (non-hydrogen) atoms. The van der Waals surface area contributed by atoms with Crippen molar-refractivity contribution in [2.75, 3.05) is 12.0 Å². The van der Waals surface area contributed by atoms with Gasteiger partial charge in [0.1, 0.15) is 18.1 Å². The van der Waals surface area contributed by atoms with Crippen molar-refractivity contribution in [2.24, 2.45) is 11.7 Å². The third-order valence-corrected chi connectivity index (χ3v) is 5.42. The number of hydrogen-bond donors (Lipinski definition) is 6. The van der Waals surface area contributed by atoms with E-state index in [1.165, 1.54) is 18.7 Å². The fourth-order valence-corrected chi connectivity index (χ4v) is 3.01. The number of rotatable bonds is 15. The van der Waals surface area contributed by atoms with Crippen LogP contribution in [0, 0.1) is 5.92 Å². The minimum atomic E-state index is -1.17. The number of carbonyl (C=O) groups is 5. The molecule has 7 N–H and O–H groups in total. The van der Waals surface area contributed by atoms with Crippen molar-refractivity contribution in [2.45, 2.75) is 70.6 Å². The zero-order valence-electron chi connectivity index (χ0n) is 18.3. The molecule has 0 spiro atoms. The largest absolute Gasteiger partial charge is 0.481 e. The van der Waals surface area contributed by atoms with Crippen molar-refractivity contribution in [1.82, 2.24) is 16.0 Å². The molecule has 0 radical (unpaired) electrons. The van der Waals surface area contributed by atoms with Crippen molar-refractivity contribution in [3.8, 4) is 0 Å². The lowest BCUT2D eigenvalue weighted by molar-refractivity contribution is -0.143. The van der Waals surface area contributed by atoms with Crippen molar-refractivity contribution < 1.29 is 34.2 Å². The Labute approximate surface area is 186 Å². The third kappa shape index (κ3) is 11.0. The van der Waals surface area contributed by atoms with E-state index in [-0.39, 0.29) is 25.2 Å². The average Bonchev–Trinajstić information content (AvgIpc) is 2.71. The van der Waals surface area contributed by atoms with Crippen LogP contribution in [0.1, 0.15) is 46.5 Å². The summed E-state index contributed by atoms with van der Waals surface area (Å²) in [4.78, 5) is 59.2. The van der Waals surface area contributed by atoms with Crippen LogP contribution < -0.4 is 21.7 Å². The molecule has 0 bridgehead atoms. The van der Waals surface area contributed by atoms with Gasteiger partial charge in [0, 0.05) is 6.42 Å². The minimum absolute atomic E-state index is 0.0803. The Bertz CT molecular complexity index is 647. The smallest absolute Gasteiger partial charge is 0.326 e. The number of carboxylic acid groups (broad SMARTS) is 2. The summed E-state index contributed by atoms with van der Waals surface area (Å²) < 4.78 is 0. The Hall–Kier alpha value is -2.34. The average molecular weight is 463 g/mol. The highest BCUT2D eigenvalue weighted by Gasteiger charge is 2.30. The second-order valence-electron chi connectivity index (χ2n) is 7.32. The molecule has 11 nitrogen and oxygen atoms in total. The lowest BCUT2D eigenvalue weighted by Gasteiger charge is -2.25. The molecule has 0 aliphatic carbocycles. The molecule has 12 heteroatoms. The first-order chi connectivity index (χ1) is 14.4. The first-order valence-corrected chi connectivity index (χ1v) is 11.4. The van der Waals surface area contributed by atoms with Gasteiger partial charge in [-0.25, -0.2) is 4.79 Å². The molecule has 178 valence electrons. The second-order valence-corrected chi connectivity index (χ2v) is 8.31. The van der Waals surface area contributed by atoms with Gasteiger partial charge in [-0.3, -0.25) is 19.2 Å². The second kappa shape index (κ2) is 14.6. The van der Waals surface area contributed by atoms with Crippen LogP contribution in [-0.4, -0.2) is 76.0 Å². The maximum atomic E-state index is 12.6. The summed E-state index contributed by atoms with van der Waals surface area (Å²) in [5.74, 6) is -3.95. The Morgan fingerprint density at radius 3 is 2.03 bits per heavy atom. The fraction of sp³-hybridized carbons (Fsp3) is 0.737. The molecule has 0 saturated heterocycles. The number of carbonyl (C=O) groups excluding carboxylic acids is 3. The van der Waals surface area contributed by atoms with E-state index in [4.69, 9.17) is 10.8 Å². The number of hydrogen-bond acceptors (Lipinski definition) is 7. The molecule has 3 amide bonds. The van der Waals surface area contributed by atoms with Gasteiger partial charge in [0.05, 0.1) is 6.04 Å². The Morgan fingerprint density at radius 1 is 0.935 bits per heavy atom. The summed E-state index contributed by atoms with van der Waals surface area (Å²) in [5.41, 5.74) is 5.68. The van der Waals surface area contributed by atoms with Crippen LogP contribution in [0.4, 0.5) is 0 Å². The Kier molecular flexibility index (Phi) is 13.5. The summed E-state index contributed by atoms with van der Waals surface area (Å²) in [6, 6.07) is -4.19. The first kappa shape index (κ1) is 28.7. The van der Waals surface area contributed by atoms with Gasteiger partial charge in [-0.05, 0) is 37.7 Å². The van der Waals surface area contributed by atoms with Crippen molar-refractivity contribution in [3.05, 3.63) is 0 Å². The third-order valence-electron chi connectivity index (χ3n) is 4.78. The van der Waals surface area contributed by atoms with Crippen LogP contribution in [0.3, 0.4) is 0 Å². The monoisotopic (exact) mass is 462 g/mol. The molecule has 0 aliphatic rings. The molecule has 5 atom stereocenters. The number of aliphatic carboxylic acids is 2. The van der Waals surface area contributed by atoms with Gasteiger partial charge in [-0.15, -0.1) is 0 Å². The molecular formula is C19H34N4O7S. The van der Waals surface area contributed by atoms with E-state index in [2.05, 4.69) is 16.0 Å². The normalized spacial score (nSPS) is 15.6. The molecule has 5 unspecified atom stereocenters. The molecule has 0 aromatic carbocycles. The van der Waals surface area contributed by atoms with Gasteiger partial charge in [0.15, 0.2) is 0 Å². The Morgan fingerprint density at radius 2 is 1.55 bits per heavy atom. The van der Waals surface area contributed by atoms with Crippen LogP contribution in [0.5, 0.6) is 0 Å². The van der Waals surface area contributed by atoms with E-state index in [1.54, 1.807) is 13.8 Å². The van der Waals surface area contributed by atoms with Crippen LogP contribution in [-0.2, 0) is 24.0 Å². The summed E-state index contributed by atoms with van der Waals surface area (Å²) in [7, 11) is 0. The molecular weight excluding hydrogens is 428 g/mol. The quantitative estimate of drug-likeness (QED) is 0.187. The number of nitrogens with two attached hydrogens (primary N) is 1. The van der Waals surface area contributed by atoms with Gasteiger partial charge in [0.25, 0.3) is 0 Å². The van der Waals surface area contributed by atoms with Gasteiger partial charge in [0.2, 0.25) is 17.7 Å². The number of carboxylic acids is 2. The van der Waals surface area contributed by atoms with Crippen molar-refractivity contribution in [3.63, 3.8) is 0 Å². The van der Waals surface area contributed by atoms with Gasteiger partial charge in [-0.2, -0.15) is 11.8 Å². The maximum Gasteiger partial charge on any atom is 0.326 e. The van der Waals surface area contributed by atoms with Gasteiger partial charge >= 0.3 is 11.9 Å². The summed E-state index contributed by atoms with van der Waals surface area (Å²) in [6.07, 6.45) is 2.27. The first-order valence-electron chi connectivity index (χ1n) is 10.0. The minimum Gasteiger partial charge on any atom is -0.481 e.